The second kappa shape index (κ2) is 17.7. The van der Waals surface area contributed by atoms with Crippen LogP contribution in [-0.2, 0) is 0 Å². The minimum atomic E-state index is 1.18. The van der Waals surface area contributed by atoms with Crippen LogP contribution in [0.25, 0.3) is 67.8 Å². The molecule has 0 aliphatic rings. The first-order valence-corrected chi connectivity index (χ1v) is 21.8. The lowest BCUT2D eigenvalue weighted by molar-refractivity contribution is 1.40. The van der Waals surface area contributed by atoms with E-state index >= 15 is 0 Å². The molecule has 58 heavy (non-hydrogen) atoms. The molecule has 0 unspecified atom stereocenters. The maximum absolute atomic E-state index is 2.43. The van der Waals surface area contributed by atoms with Gasteiger partial charge in [-0.15, -0.1) is 34.0 Å². The fourth-order valence-electron chi connectivity index (χ4n) is 6.68. The highest BCUT2D eigenvalue weighted by atomic mass is 32.1. The molecule has 0 saturated heterocycles. The molecule has 9 aromatic rings. The summed E-state index contributed by atoms with van der Waals surface area (Å²) in [6, 6.07) is 71.5. The summed E-state index contributed by atoms with van der Waals surface area (Å²) in [5.74, 6) is 0. The van der Waals surface area contributed by atoms with Crippen molar-refractivity contribution in [3.05, 3.63) is 234 Å². The van der Waals surface area contributed by atoms with E-state index in [1.807, 2.05) is 52.2 Å². The Balaban J connectivity index is 0.992. The predicted octanol–water partition coefficient (Wildman–Crippen LogP) is 16.9. The number of rotatable bonds is 12. The largest absolute Gasteiger partial charge is 0.284 e. The van der Waals surface area contributed by atoms with Crippen LogP contribution >= 0.6 is 34.0 Å². The van der Waals surface area contributed by atoms with Crippen LogP contribution in [0, 0.1) is 0 Å². The second-order valence-electron chi connectivity index (χ2n) is 13.8. The molecule has 0 bridgehead atoms. The first-order valence-electron chi connectivity index (χ1n) is 19.3. The van der Waals surface area contributed by atoms with Crippen LogP contribution in [0.15, 0.2) is 200 Å². The van der Waals surface area contributed by atoms with Crippen molar-refractivity contribution in [1.29, 1.82) is 0 Å². The standard InChI is InChI=1S/C54H39NS3/c1-4-10-40(11-5-1)16-19-43-22-28-46(29-23-43)49-34-37-52(56-49)55(53-38-35-50(57-53)47-30-24-44(25-31-47)20-17-41-12-6-2-7-13-41)54-39-36-51(58-54)48-32-26-45(27-33-48)21-18-42-14-8-3-9-15-42/h1-39H/b19-16+,20-17+,21-18+. The lowest BCUT2D eigenvalue weighted by atomic mass is 10.1. The molecule has 1 nitrogen and oxygen atoms in total. The smallest absolute Gasteiger partial charge is 0.102 e. The van der Waals surface area contributed by atoms with Crippen LogP contribution in [0.1, 0.15) is 33.4 Å². The summed E-state index contributed by atoms with van der Waals surface area (Å²) in [7, 11) is 0. The molecule has 0 aliphatic carbocycles. The number of benzene rings is 6. The van der Waals surface area contributed by atoms with Gasteiger partial charge in [-0.1, -0.05) is 200 Å². The number of anilines is 3. The van der Waals surface area contributed by atoms with Crippen LogP contribution in [0.5, 0.6) is 0 Å². The molecule has 6 aromatic carbocycles. The third-order valence-electron chi connectivity index (χ3n) is 9.83. The Morgan fingerprint density at radius 2 is 0.483 bits per heavy atom. The van der Waals surface area contributed by atoms with Crippen molar-refractivity contribution in [1.82, 2.24) is 0 Å². The molecule has 278 valence electrons. The van der Waals surface area contributed by atoms with Crippen molar-refractivity contribution in [3.8, 4) is 31.3 Å². The molecule has 0 atom stereocenters. The molecule has 3 heterocycles. The monoisotopic (exact) mass is 797 g/mol. The van der Waals surface area contributed by atoms with Crippen LogP contribution in [0.3, 0.4) is 0 Å². The van der Waals surface area contributed by atoms with E-state index in [1.165, 1.54) is 79.7 Å². The Bertz CT molecular complexity index is 2470. The molecule has 0 spiro atoms. The average Bonchev–Trinajstić information content (AvgIpc) is 4.10. The highest BCUT2D eigenvalue weighted by Crippen LogP contribution is 2.48. The van der Waals surface area contributed by atoms with Gasteiger partial charge in [0.2, 0.25) is 0 Å². The summed E-state index contributed by atoms with van der Waals surface area (Å²) < 4.78 is 0. The molecule has 4 heteroatoms. The van der Waals surface area contributed by atoms with Gasteiger partial charge in [-0.2, -0.15) is 0 Å². The van der Waals surface area contributed by atoms with Crippen LogP contribution in [-0.4, -0.2) is 0 Å². The van der Waals surface area contributed by atoms with E-state index in [-0.39, 0.29) is 0 Å². The minimum absolute atomic E-state index is 1.18. The summed E-state index contributed by atoms with van der Waals surface area (Å²) in [4.78, 5) is 6.16. The van der Waals surface area contributed by atoms with Crippen molar-refractivity contribution in [3.63, 3.8) is 0 Å². The molecule has 0 amide bonds. The van der Waals surface area contributed by atoms with Crippen molar-refractivity contribution in [2.75, 3.05) is 4.90 Å². The van der Waals surface area contributed by atoms with Gasteiger partial charge in [0.25, 0.3) is 0 Å². The molecule has 3 aromatic heterocycles. The first-order chi connectivity index (χ1) is 28.7. The highest BCUT2D eigenvalue weighted by molar-refractivity contribution is 7.23. The Morgan fingerprint density at radius 1 is 0.241 bits per heavy atom. The van der Waals surface area contributed by atoms with Gasteiger partial charge in [0.05, 0.1) is 0 Å². The fourth-order valence-corrected chi connectivity index (χ4v) is 9.97. The van der Waals surface area contributed by atoms with E-state index in [1.54, 1.807) is 0 Å². The molecule has 0 fully saturated rings. The zero-order chi connectivity index (χ0) is 38.9. The zero-order valence-electron chi connectivity index (χ0n) is 31.7. The van der Waals surface area contributed by atoms with E-state index in [0.717, 1.165) is 0 Å². The van der Waals surface area contributed by atoms with Gasteiger partial charge in [-0.3, -0.25) is 4.90 Å². The summed E-state index contributed by atoms with van der Waals surface area (Å²) in [5, 5.41) is 3.56. The Kier molecular flexibility index (Phi) is 11.3. The third kappa shape index (κ3) is 9.01. The molecule has 0 aliphatic heterocycles. The zero-order valence-corrected chi connectivity index (χ0v) is 34.1. The summed E-state index contributed by atoms with van der Waals surface area (Å²) >= 11 is 5.48. The minimum Gasteiger partial charge on any atom is -0.284 e. The van der Waals surface area contributed by atoms with Crippen molar-refractivity contribution >= 4 is 85.5 Å². The van der Waals surface area contributed by atoms with Crippen molar-refractivity contribution in [2.45, 2.75) is 0 Å². The first kappa shape index (κ1) is 37.0. The Labute approximate surface area is 353 Å². The van der Waals surface area contributed by atoms with Crippen LogP contribution < -0.4 is 4.90 Å². The van der Waals surface area contributed by atoms with Gasteiger partial charge in [-0.25, -0.2) is 0 Å². The number of thiophene rings is 3. The summed E-state index contributed by atoms with van der Waals surface area (Å²) in [6.45, 7) is 0. The van der Waals surface area contributed by atoms with Gasteiger partial charge in [-0.05, 0) is 86.5 Å². The Morgan fingerprint density at radius 3 is 0.741 bits per heavy atom. The number of hydrogen-bond donors (Lipinski definition) is 0. The quantitative estimate of drug-likeness (QED) is 0.111. The number of hydrogen-bond acceptors (Lipinski definition) is 4. The fraction of sp³-hybridized carbons (Fsp3) is 0. The second-order valence-corrected chi connectivity index (χ2v) is 17.0. The highest BCUT2D eigenvalue weighted by Gasteiger charge is 2.20. The maximum atomic E-state index is 2.43. The normalized spacial score (nSPS) is 11.6. The van der Waals surface area contributed by atoms with Gasteiger partial charge < -0.3 is 0 Å². The van der Waals surface area contributed by atoms with E-state index in [9.17, 15) is 0 Å². The van der Waals surface area contributed by atoms with Gasteiger partial charge >= 0.3 is 0 Å². The molecule has 0 N–H and O–H groups in total. The Hall–Kier alpha value is -6.56. The van der Waals surface area contributed by atoms with E-state index in [0.29, 0.717) is 0 Å². The summed E-state index contributed by atoms with van der Waals surface area (Å²) in [6.07, 6.45) is 13.0. The van der Waals surface area contributed by atoms with Crippen molar-refractivity contribution < 1.29 is 0 Å². The van der Waals surface area contributed by atoms with Gasteiger partial charge in [0, 0.05) is 14.6 Å². The van der Waals surface area contributed by atoms with E-state index in [4.69, 9.17) is 0 Å². The molecular formula is C54H39NS3. The van der Waals surface area contributed by atoms with Gasteiger partial charge in [0.15, 0.2) is 0 Å². The van der Waals surface area contributed by atoms with Gasteiger partial charge in [0.1, 0.15) is 15.0 Å². The van der Waals surface area contributed by atoms with Crippen LogP contribution in [0.2, 0.25) is 0 Å². The molecule has 9 rings (SSSR count). The lowest BCUT2D eigenvalue weighted by Gasteiger charge is -2.19. The topological polar surface area (TPSA) is 3.24 Å². The van der Waals surface area contributed by atoms with Crippen LogP contribution in [0.4, 0.5) is 15.0 Å². The number of nitrogens with zero attached hydrogens (tertiary/aromatic N) is 1. The van der Waals surface area contributed by atoms with E-state index in [2.05, 4.69) is 223 Å². The van der Waals surface area contributed by atoms with Crippen molar-refractivity contribution in [2.24, 2.45) is 0 Å². The van der Waals surface area contributed by atoms with E-state index < -0.39 is 0 Å². The SMILES string of the molecule is C(=C\c1ccc(-c2ccc(N(c3ccc(-c4ccc(/C=C/c5ccccc5)cc4)s3)c3ccc(-c4ccc(/C=C/c5ccccc5)cc4)s3)s2)cc1)/c1ccccc1. The average molecular weight is 798 g/mol. The summed E-state index contributed by atoms with van der Waals surface area (Å²) in [5.41, 5.74) is 10.8. The molecule has 0 radical (unpaired) electrons. The maximum Gasteiger partial charge on any atom is 0.102 e. The lowest BCUT2D eigenvalue weighted by Crippen LogP contribution is -2.04. The molecule has 0 saturated carbocycles. The third-order valence-corrected chi connectivity index (χ3v) is 13.2. The predicted molar refractivity (Wildman–Crippen MR) is 257 cm³/mol. The molecular weight excluding hydrogens is 759 g/mol.